The lowest BCUT2D eigenvalue weighted by Gasteiger charge is -2.23. The molecule has 0 amide bonds. The fourth-order valence-corrected chi connectivity index (χ4v) is 9.18. The molecule has 0 radical (unpaired) electrons. The standard InChI is InChI=1S/C58H41N3/c1-58(2)52-35-46(27-29-50(52)51-30-26-38-14-9-10-25-49(38)56(51)58)44-22-12-20-42(33-44)41-19-11-21-43(32-41)45-23-13-24-47(34-45)54-36-55(61-57(60-54)40-17-7-4-8-18-40)48-28-31-53(59-37-48)39-15-5-3-6-16-39/h3-37H,1-2H3. The number of fused-ring (bicyclic) bond motifs is 5. The van der Waals surface area contributed by atoms with Crippen LogP contribution >= 0.6 is 0 Å². The van der Waals surface area contributed by atoms with Crippen LogP contribution in [0.15, 0.2) is 212 Å². The molecule has 0 saturated heterocycles. The molecule has 0 unspecified atom stereocenters. The van der Waals surface area contributed by atoms with Crippen molar-refractivity contribution in [1.82, 2.24) is 15.0 Å². The molecule has 1 aliphatic carbocycles. The third kappa shape index (κ3) is 6.61. The van der Waals surface area contributed by atoms with Gasteiger partial charge in [0.05, 0.1) is 17.1 Å². The molecule has 0 N–H and O–H groups in total. The normalized spacial score (nSPS) is 12.6. The summed E-state index contributed by atoms with van der Waals surface area (Å²) in [5.74, 6) is 0.678. The molecule has 3 nitrogen and oxygen atoms in total. The van der Waals surface area contributed by atoms with Crippen LogP contribution in [0, 0.1) is 0 Å². The van der Waals surface area contributed by atoms with Crippen molar-refractivity contribution in [3.8, 4) is 89.7 Å². The van der Waals surface area contributed by atoms with Gasteiger partial charge in [0, 0.05) is 33.9 Å². The van der Waals surface area contributed by atoms with Crippen LogP contribution in [0.3, 0.4) is 0 Å². The van der Waals surface area contributed by atoms with Gasteiger partial charge in [-0.15, -0.1) is 0 Å². The first-order valence-electron chi connectivity index (χ1n) is 20.9. The molecule has 288 valence electrons. The van der Waals surface area contributed by atoms with E-state index in [1.165, 1.54) is 55.3 Å². The van der Waals surface area contributed by atoms with E-state index in [1.807, 2.05) is 42.6 Å². The van der Waals surface area contributed by atoms with Crippen LogP contribution in [0.4, 0.5) is 0 Å². The van der Waals surface area contributed by atoms with E-state index in [9.17, 15) is 0 Å². The average Bonchev–Trinajstić information content (AvgIpc) is 3.57. The van der Waals surface area contributed by atoms with E-state index in [-0.39, 0.29) is 5.41 Å². The molecule has 11 rings (SSSR count). The third-order valence-corrected chi connectivity index (χ3v) is 12.3. The zero-order chi connectivity index (χ0) is 40.9. The minimum absolute atomic E-state index is 0.107. The maximum Gasteiger partial charge on any atom is 0.160 e. The molecule has 0 fully saturated rings. The zero-order valence-corrected chi connectivity index (χ0v) is 34.0. The van der Waals surface area contributed by atoms with E-state index >= 15 is 0 Å². The summed E-state index contributed by atoms with van der Waals surface area (Å²) in [5, 5.41) is 2.64. The van der Waals surface area contributed by atoms with Gasteiger partial charge in [-0.1, -0.05) is 178 Å². The summed E-state index contributed by atoms with van der Waals surface area (Å²) in [4.78, 5) is 15.0. The smallest absolute Gasteiger partial charge is 0.160 e. The number of rotatable bonds is 7. The largest absolute Gasteiger partial charge is 0.256 e. The Morgan fingerprint density at radius 1 is 0.344 bits per heavy atom. The molecule has 1 aliphatic rings. The maximum absolute atomic E-state index is 5.13. The minimum atomic E-state index is -0.107. The quantitative estimate of drug-likeness (QED) is 0.162. The van der Waals surface area contributed by atoms with E-state index in [0.717, 1.165) is 50.5 Å². The highest BCUT2D eigenvalue weighted by molar-refractivity contribution is 5.98. The second-order valence-corrected chi connectivity index (χ2v) is 16.5. The lowest BCUT2D eigenvalue weighted by atomic mass is 9.79. The minimum Gasteiger partial charge on any atom is -0.256 e. The molecule has 0 bridgehead atoms. The highest BCUT2D eigenvalue weighted by Crippen LogP contribution is 2.52. The Labute approximate surface area is 356 Å². The van der Waals surface area contributed by atoms with Crippen LogP contribution in [-0.2, 0) is 5.41 Å². The van der Waals surface area contributed by atoms with E-state index < -0.39 is 0 Å². The molecular weight excluding hydrogens is 739 g/mol. The summed E-state index contributed by atoms with van der Waals surface area (Å²) in [5.41, 5.74) is 19.1. The van der Waals surface area contributed by atoms with Crippen molar-refractivity contribution in [3.05, 3.63) is 224 Å². The van der Waals surface area contributed by atoms with E-state index in [2.05, 4.69) is 184 Å². The first kappa shape index (κ1) is 36.3. The molecule has 0 atom stereocenters. The summed E-state index contributed by atoms with van der Waals surface area (Å²) in [6, 6.07) is 73.5. The fourth-order valence-electron chi connectivity index (χ4n) is 9.18. The summed E-state index contributed by atoms with van der Waals surface area (Å²) in [7, 11) is 0. The van der Waals surface area contributed by atoms with Crippen molar-refractivity contribution in [2.45, 2.75) is 19.3 Å². The van der Waals surface area contributed by atoms with Crippen molar-refractivity contribution in [1.29, 1.82) is 0 Å². The highest BCUT2D eigenvalue weighted by atomic mass is 14.9. The lowest BCUT2D eigenvalue weighted by Crippen LogP contribution is -2.15. The van der Waals surface area contributed by atoms with Crippen LogP contribution in [0.1, 0.15) is 25.0 Å². The van der Waals surface area contributed by atoms with E-state index in [1.54, 1.807) is 0 Å². The van der Waals surface area contributed by atoms with Crippen molar-refractivity contribution in [3.63, 3.8) is 0 Å². The van der Waals surface area contributed by atoms with Crippen molar-refractivity contribution in [2.75, 3.05) is 0 Å². The molecule has 0 saturated carbocycles. The molecular formula is C58H41N3. The monoisotopic (exact) mass is 779 g/mol. The van der Waals surface area contributed by atoms with Crippen LogP contribution in [-0.4, -0.2) is 15.0 Å². The highest BCUT2D eigenvalue weighted by Gasteiger charge is 2.37. The predicted molar refractivity (Wildman–Crippen MR) is 253 cm³/mol. The molecule has 3 heteroatoms. The molecule has 0 aliphatic heterocycles. The molecule has 2 aromatic heterocycles. The number of aromatic nitrogens is 3. The number of nitrogens with zero attached hydrogens (tertiary/aromatic N) is 3. The van der Waals surface area contributed by atoms with Gasteiger partial charge in [-0.25, -0.2) is 9.97 Å². The lowest BCUT2D eigenvalue weighted by molar-refractivity contribution is 0.666. The summed E-state index contributed by atoms with van der Waals surface area (Å²) in [6.45, 7) is 4.75. The Morgan fingerprint density at radius 2 is 0.852 bits per heavy atom. The third-order valence-electron chi connectivity index (χ3n) is 12.3. The van der Waals surface area contributed by atoms with Gasteiger partial charge in [-0.05, 0) is 109 Å². The van der Waals surface area contributed by atoms with Crippen molar-refractivity contribution < 1.29 is 0 Å². The van der Waals surface area contributed by atoms with Gasteiger partial charge in [0.2, 0.25) is 0 Å². The van der Waals surface area contributed by atoms with Crippen LogP contribution in [0.25, 0.3) is 100 Å². The topological polar surface area (TPSA) is 38.7 Å². The Bertz CT molecular complexity index is 3260. The van der Waals surface area contributed by atoms with Crippen LogP contribution < -0.4 is 0 Å². The first-order valence-corrected chi connectivity index (χ1v) is 20.9. The van der Waals surface area contributed by atoms with Gasteiger partial charge in [-0.3, -0.25) is 4.98 Å². The van der Waals surface area contributed by atoms with Crippen molar-refractivity contribution >= 4 is 10.8 Å². The first-order chi connectivity index (χ1) is 30.0. The van der Waals surface area contributed by atoms with Crippen molar-refractivity contribution in [2.24, 2.45) is 0 Å². The van der Waals surface area contributed by atoms with Gasteiger partial charge in [0.25, 0.3) is 0 Å². The van der Waals surface area contributed by atoms with Gasteiger partial charge < -0.3 is 0 Å². The fraction of sp³-hybridized carbons (Fsp3) is 0.0517. The maximum atomic E-state index is 5.13. The van der Waals surface area contributed by atoms with E-state index in [4.69, 9.17) is 15.0 Å². The Morgan fingerprint density at radius 3 is 1.49 bits per heavy atom. The molecule has 2 heterocycles. The molecule has 8 aromatic carbocycles. The molecule has 61 heavy (non-hydrogen) atoms. The van der Waals surface area contributed by atoms with Gasteiger partial charge >= 0.3 is 0 Å². The second-order valence-electron chi connectivity index (χ2n) is 16.5. The predicted octanol–water partition coefficient (Wildman–Crippen LogP) is 15.0. The van der Waals surface area contributed by atoms with Crippen LogP contribution in [0.5, 0.6) is 0 Å². The Balaban J connectivity index is 0.919. The van der Waals surface area contributed by atoms with E-state index in [0.29, 0.717) is 5.82 Å². The number of benzene rings is 8. The summed E-state index contributed by atoms with van der Waals surface area (Å²) in [6.07, 6.45) is 1.91. The van der Waals surface area contributed by atoms with Gasteiger partial charge in [-0.2, -0.15) is 0 Å². The van der Waals surface area contributed by atoms with Gasteiger partial charge in [0.1, 0.15) is 0 Å². The average molecular weight is 780 g/mol. The number of pyridine rings is 1. The number of hydrogen-bond donors (Lipinski definition) is 0. The van der Waals surface area contributed by atoms with Gasteiger partial charge in [0.15, 0.2) is 5.82 Å². The molecule has 10 aromatic rings. The second kappa shape index (κ2) is 14.8. The SMILES string of the molecule is CC1(C)c2cc(-c3cccc(-c4cccc(-c5cccc(-c6cc(-c7ccc(-c8ccccc8)nc7)nc(-c7ccccc7)n6)c5)c4)c3)ccc2-c2ccc3ccccc3c21. The van der Waals surface area contributed by atoms with Crippen LogP contribution in [0.2, 0.25) is 0 Å². The number of hydrogen-bond acceptors (Lipinski definition) is 3. The Kier molecular flexibility index (Phi) is 8.82. The molecule has 0 spiro atoms. The summed E-state index contributed by atoms with van der Waals surface area (Å²) < 4.78 is 0. The zero-order valence-electron chi connectivity index (χ0n) is 34.0. The summed E-state index contributed by atoms with van der Waals surface area (Å²) >= 11 is 0. The Hall–Kier alpha value is -7.75.